The third-order valence-corrected chi connectivity index (χ3v) is 4.58. The van der Waals surface area contributed by atoms with Crippen molar-refractivity contribution in [1.82, 2.24) is 4.98 Å². The van der Waals surface area contributed by atoms with E-state index in [-0.39, 0.29) is 12.3 Å². The van der Waals surface area contributed by atoms with Crippen molar-refractivity contribution in [2.45, 2.75) is 6.42 Å². The van der Waals surface area contributed by atoms with Crippen LogP contribution in [0.3, 0.4) is 0 Å². The van der Waals surface area contributed by atoms with E-state index in [1.165, 1.54) is 11.3 Å². The lowest BCUT2D eigenvalue weighted by atomic mass is 10.1. The molecule has 0 aliphatic rings. The molecule has 0 fully saturated rings. The molecule has 2 aromatic carbocycles. The molecule has 24 heavy (non-hydrogen) atoms. The van der Waals surface area contributed by atoms with Crippen LogP contribution in [-0.4, -0.2) is 25.1 Å². The summed E-state index contributed by atoms with van der Waals surface area (Å²) in [5.74, 6) is 1.08. The lowest BCUT2D eigenvalue weighted by Gasteiger charge is -2.09. The maximum Gasteiger partial charge on any atom is 0.230 e. The molecule has 0 radical (unpaired) electrons. The summed E-state index contributed by atoms with van der Waals surface area (Å²) in [7, 11) is 3.14. The van der Waals surface area contributed by atoms with Crippen LogP contribution in [0.4, 0.5) is 5.13 Å². The first-order chi connectivity index (χ1) is 11.6. The number of hydrogen-bond acceptors (Lipinski definition) is 5. The molecular weight excluding hydrogens is 348 g/mol. The largest absolute Gasteiger partial charge is 0.493 e. The molecule has 1 aromatic heterocycles. The van der Waals surface area contributed by atoms with E-state index in [0.717, 1.165) is 15.8 Å². The van der Waals surface area contributed by atoms with E-state index >= 15 is 0 Å². The average molecular weight is 363 g/mol. The summed E-state index contributed by atoms with van der Waals surface area (Å²) in [4.78, 5) is 16.6. The topological polar surface area (TPSA) is 60.5 Å². The molecule has 1 amide bonds. The van der Waals surface area contributed by atoms with Crippen LogP contribution in [0.15, 0.2) is 36.4 Å². The van der Waals surface area contributed by atoms with Crippen LogP contribution in [0.2, 0.25) is 5.02 Å². The normalized spacial score (nSPS) is 10.6. The molecular formula is C17H15ClN2O3S. The predicted molar refractivity (Wildman–Crippen MR) is 96.5 cm³/mol. The highest BCUT2D eigenvalue weighted by Crippen LogP contribution is 2.29. The van der Waals surface area contributed by atoms with Gasteiger partial charge in [0.15, 0.2) is 16.6 Å². The SMILES string of the molecule is COc1ccc(CC(=O)Nc2nc3ccc(Cl)cc3s2)cc1OC. The number of ether oxygens (including phenoxy) is 2. The summed E-state index contributed by atoms with van der Waals surface area (Å²) < 4.78 is 11.4. The molecule has 0 bridgehead atoms. The van der Waals surface area contributed by atoms with Crippen LogP contribution in [0.5, 0.6) is 11.5 Å². The zero-order valence-corrected chi connectivity index (χ0v) is 14.7. The van der Waals surface area contributed by atoms with Crippen LogP contribution >= 0.6 is 22.9 Å². The van der Waals surface area contributed by atoms with Crippen molar-refractivity contribution in [2.24, 2.45) is 0 Å². The fourth-order valence-electron chi connectivity index (χ4n) is 2.29. The van der Waals surface area contributed by atoms with E-state index in [0.29, 0.717) is 21.7 Å². The Morgan fingerprint density at radius 2 is 1.96 bits per heavy atom. The highest BCUT2D eigenvalue weighted by Gasteiger charge is 2.11. The molecule has 3 aromatic rings. The van der Waals surface area contributed by atoms with Gasteiger partial charge in [0, 0.05) is 5.02 Å². The van der Waals surface area contributed by atoms with Crippen LogP contribution < -0.4 is 14.8 Å². The van der Waals surface area contributed by atoms with Gasteiger partial charge in [-0.3, -0.25) is 4.79 Å². The van der Waals surface area contributed by atoms with Gasteiger partial charge in [-0.25, -0.2) is 4.98 Å². The number of rotatable bonds is 5. The molecule has 5 nitrogen and oxygen atoms in total. The van der Waals surface area contributed by atoms with Gasteiger partial charge in [0.2, 0.25) is 5.91 Å². The third-order valence-electron chi connectivity index (χ3n) is 3.41. The Kier molecular flexibility index (Phi) is 4.87. The highest BCUT2D eigenvalue weighted by atomic mass is 35.5. The first-order valence-electron chi connectivity index (χ1n) is 7.16. The first kappa shape index (κ1) is 16.5. The quantitative estimate of drug-likeness (QED) is 0.740. The molecule has 0 aliphatic carbocycles. The fourth-order valence-corrected chi connectivity index (χ4v) is 3.45. The lowest BCUT2D eigenvalue weighted by molar-refractivity contribution is -0.115. The van der Waals surface area contributed by atoms with Crippen molar-refractivity contribution in [2.75, 3.05) is 19.5 Å². The lowest BCUT2D eigenvalue weighted by Crippen LogP contribution is -2.14. The van der Waals surface area contributed by atoms with E-state index < -0.39 is 0 Å². The standard InChI is InChI=1S/C17H15ClN2O3S/c1-22-13-6-3-10(7-14(13)23-2)8-16(21)20-17-19-12-5-4-11(18)9-15(12)24-17/h3-7,9H,8H2,1-2H3,(H,19,20,21). The number of nitrogens with one attached hydrogen (secondary N) is 1. The second-order valence-corrected chi connectivity index (χ2v) is 6.51. The average Bonchev–Trinajstić information content (AvgIpc) is 2.95. The van der Waals surface area contributed by atoms with Gasteiger partial charge in [-0.2, -0.15) is 0 Å². The number of thiazole rings is 1. The maximum absolute atomic E-state index is 12.2. The van der Waals surface area contributed by atoms with Gasteiger partial charge in [-0.1, -0.05) is 29.0 Å². The van der Waals surface area contributed by atoms with E-state index in [2.05, 4.69) is 10.3 Å². The van der Waals surface area contributed by atoms with Crippen molar-refractivity contribution in [3.05, 3.63) is 47.0 Å². The number of carbonyl (C=O) groups excluding carboxylic acids is 1. The fraction of sp³-hybridized carbons (Fsp3) is 0.176. The highest BCUT2D eigenvalue weighted by molar-refractivity contribution is 7.22. The van der Waals surface area contributed by atoms with Gasteiger partial charge in [0.1, 0.15) is 0 Å². The summed E-state index contributed by atoms with van der Waals surface area (Å²) in [5, 5.41) is 4.02. The first-order valence-corrected chi connectivity index (χ1v) is 8.35. The van der Waals surface area contributed by atoms with Crippen LogP contribution in [0.25, 0.3) is 10.2 Å². The van der Waals surface area contributed by atoms with Gasteiger partial charge in [0.05, 0.1) is 30.9 Å². The summed E-state index contributed by atoms with van der Waals surface area (Å²) >= 11 is 7.36. The maximum atomic E-state index is 12.2. The number of fused-ring (bicyclic) bond motifs is 1. The smallest absolute Gasteiger partial charge is 0.230 e. The number of methoxy groups -OCH3 is 2. The summed E-state index contributed by atoms with van der Waals surface area (Å²) in [6.45, 7) is 0. The predicted octanol–water partition coefficient (Wildman–Crippen LogP) is 4.15. The van der Waals surface area contributed by atoms with Crippen molar-refractivity contribution < 1.29 is 14.3 Å². The molecule has 0 saturated carbocycles. The summed E-state index contributed by atoms with van der Waals surface area (Å²) in [5.41, 5.74) is 1.64. The zero-order chi connectivity index (χ0) is 17.1. The van der Waals surface area contributed by atoms with E-state index in [9.17, 15) is 4.79 Å². The van der Waals surface area contributed by atoms with Crippen molar-refractivity contribution in [3.8, 4) is 11.5 Å². The molecule has 0 spiro atoms. The van der Waals surface area contributed by atoms with Crippen molar-refractivity contribution >= 4 is 44.2 Å². The van der Waals surface area contributed by atoms with Crippen molar-refractivity contribution in [1.29, 1.82) is 0 Å². The molecule has 1 heterocycles. The second kappa shape index (κ2) is 7.07. The van der Waals surface area contributed by atoms with Crippen molar-refractivity contribution in [3.63, 3.8) is 0 Å². The Hall–Kier alpha value is -2.31. The third kappa shape index (κ3) is 3.60. The number of amides is 1. The molecule has 0 atom stereocenters. The molecule has 3 rings (SSSR count). The number of aromatic nitrogens is 1. The van der Waals surface area contributed by atoms with Crippen LogP contribution in [-0.2, 0) is 11.2 Å². The molecule has 0 unspecified atom stereocenters. The number of halogens is 1. The second-order valence-electron chi connectivity index (χ2n) is 5.05. The Labute approximate surface area is 148 Å². The molecule has 1 N–H and O–H groups in total. The summed E-state index contributed by atoms with van der Waals surface area (Å²) in [6.07, 6.45) is 0.219. The number of anilines is 1. The molecule has 124 valence electrons. The van der Waals surface area contributed by atoms with Gasteiger partial charge < -0.3 is 14.8 Å². The van der Waals surface area contributed by atoms with Gasteiger partial charge in [0.25, 0.3) is 0 Å². The Morgan fingerprint density at radius 3 is 2.71 bits per heavy atom. The Morgan fingerprint density at radius 1 is 1.17 bits per heavy atom. The molecule has 7 heteroatoms. The zero-order valence-electron chi connectivity index (χ0n) is 13.1. The number of nitrogens with zero attached hydrogens (tertiary/aromatic N) is 1. The van der Waals surface area contributed by atoms with Crippen LogP contribution in [0, 0.1) is 0 Å². The van der Waals surface area contributed by atoms with Gasteiger partial charge >= 0.3 is 0 Å². The monoisotopic (exact) mass is 362 g/mol. The Balaban J connectivity index is 1.72. The Bertz CT molecular complexity index is 895. The van der Waals surface area contributed by atoms with E-state index in [4.69, 9.17) is 21.1 Å². The van der Waals surface area contributed by atoms with E-state index in [1.54, 1.807) is 32.4 Å². The summed E-state index contributed by atoms with van der Waals surface area (Å²) in [6, 6.07) is 10.8. The number of benzene rings is 2. The molecule has 0 aliphatic heterocycles. The van der Waals surface area contributed by atoms with E-state index in [1.807, 2.05) is 18.2 Å². The number of carbonyl (C=O) groups is 1. The minimum atomic E-state index is -0.146. The number of hydrogen-bond donors (Lipinski definition) is 1. The van der Waals surface area contributed by atoms with Gasteiger partial charge in [-0.15, -0.1) is 0 Å². The van der Waals surface area contributed by atoms with Gasteiger partial charge in [-0.05, 0) is 35.9 Å². The minimum Gasteiger partial charge on any atom is -0.493 e. The molecule has 0 saturated heterocycles. The van der Waals surface area contributed by atoms with Crippen LogP contribution in [0.1, 0.15) is 5.56 Å². The minimum absolute atomic E-state index is 0.146.